The number of thiophene rings is 1. The third kappa shape index (κ3) is 7.17. The Morgan fingerprint density at radius 1 is 1.02 bits per heavy atom. The lowest BCUT2D eigenvalue weighted by Gasteiger charge is -2.41. The lowest BCUT2D eigenvalue weighted by Crippen LogP contribution is -2.50. The average molecular weight is 678 g/mol. The zero-order valence-corrected chi connectivity index (χ0v) is 28.0. The molecule has 9 nitrogen and oxygen atoms in total. The van der Waals surface area contributed by atoms with Crippen molar-refractivity contribution >= 4 is 73.7 Å². The molecule has 3 aromatic heterocycles. The van der Waals surface area contributed by atoms with Crippen molar-refractivity contribution in [3.63, 3.8) is 0 Å². The number of aromatic nitrogens is 2. The predicted molar refractivity (Wildman–Crippen MR) is 180 cm³/mol. The van der Waals surface area contributed by atoms with Crippen LogP contribution in [-0.4, -0.2) is 78.7 Å². The molecule has 1 atom stereocenters. The molecular weight excluding hydrogens is 639 g/mol. The summed E-state index contributed by atoms with van der Waals surface area (Å²) in [6.07, 6.45) is 9.80. The monoisotopic (exact) mass is 676 g/mol. The Balaban J connectivity index is 1.16. The summed E-state index contributed by atoms with van der Waals surface area (Å²) in [5.41, 5.74) is 1.19. The largest absolute Gasteiger partial charge is 0.466 e. The number of thiazole rings is 1. The van der Waals surface area contributed by atoms with Gasteiger partial charge >= 0.3 is 5.97 Å². The van der Waals surface area contributed by atoms with Crippen LogP contribution < -0.4 is 15.1 Å². The van der Waals surface area contributed by atoms with Crippen molar-refractivity contribution in [2.24, 2.45) is 5.92 Å². The van der Waals surface area contributed by atoms with Gasteiger partial charge in [0.05, 0.1) is 33.0 Å². The SMILES string of the molecule is CCOC(=O)C1CCCN(c2ncc(C(=O)Nc3nc(-c4cc(Cl)cs4)c(N4CCN(C5CCCCC5)CC4)s3)cc2Cl)C1. The third-order valence-corrected chi connectivity index (χ3v) is 11.3. The number of piperidine rings is 1. The standard InChI is InChI=1S/C31H38Cl2N6O3S2/c1-2-42-30(41)20-7-6-10-39(18-20)27-24(33)15-21(17-34-27)28(40)36-31-35-26(25-16-22(32)19-43-25)29(44-31)38-13-11-37(12-14-38)23-8-4-3-5-9-23/h15-17,19-20,23H,2-14,18H2,1H3,(H,35,36,40). The molecule has 1 aliphatic carbocycles. The number of piperazine rings is 1. The molecule has 236 valence electrons. The maximum atomic E-state index is 13.4. The van der Waals surface area contributed by atoms with Gasteiger partial charge in [0.2, 0.25) is 0 Å². The first-order valence-corrected chi connectivity index (χ1v) is 18.0. The van der Waals surface area contributed by atoms with E-state index >= 15 is 0 Å². The van der Waals surface area contributed by atoms with E-state index in [1.54, 1.807) is 17.4 Å². The number of pyridine rings is 1. The number of rotatable bonds is 8. The van der Waals surface area contributed by atoms with E-state index < -0.39 is 0 Å². The van der Waals surface area contributed by atoms with Gasteiger partial charge in [0, 0.05) is 56.9 Å². The van der Waals surface area contributed by atoms with E-state index in [9.17, 15) is 9.59 Å². The summed E-state index contributed by atoms with van der Waals surface area (Å²) in [7, 11) is 0. The molecule has 0 spiro atoms. The lowest BCUT2D eigenvalue weighted by atomic mass is 9.94. The number of hydrogen-bond donors (Lipinski definition) is 1. The number of nitrogens with one attached hydrogen (secondary N) is 1. The van der Waals surface area contributed by atoms with E-state index in [2.05, 4.69) is 20.1 Å². The summed E-state index contributed by atoms with van der Waals surface area (Å²) in [6.45, 7) is 7.30. The summed E-state index contributed by atoms with van der Waals surface area (Å²) in [5, 5.41) is 7.52. The van der Waals surface area contributed by atoms with Crippen LogP contribution in [0.2, 0.25) is 10.0 Å². The molecule has 13 heteroatoms. The minimum absolute atomic E-state index is 0.192. The molecule has 5 heterocycles. The topological polar surface area (TPSA) is 90.9 Å². The molecule has 3 fully saturated rings. The molecule has 2 saturated heterocycles. The molecule has 44 heavy (non-hydrogen) atoms. The average Bonchev–Trinajstić information content (AvgIpc) is 3.67. The second-order valence-electron chi connectivity index (χ2n) is 11.6. The first kappa shape index (κ1) is 31.5. The van der Waals surface area contributed by atoms with Gasteiger partial charge in [-0.25, -0.2) is 9.97 Å². The van der Waals surface area contributed by atoms with Gasteiger partial charge in [-0.1, -0.05) is 53.8 Å². The van der Waals surface area contributed by atoms with E-state index in [0.29, 0.717) is 45.8 Å². The highest BCUT2D eigenvalue weighted by atomic mass is 35.5. The first-order valence-electron chi connectivity index (χ1n) is 15.5. The number of carbonyl (C=O) groups excluding carboxylic acids is 2. The number of ether oxygens (including phenoxy) is 1. The number of esters is 1. The van der Waals surface area contributed by atoms with Crippen molar-refractivity contribution < 1.29 is 14.3 Å². The van der Waals surface area contributed by atoms with Crippen LogP contribution >= 0.6 is 45.9 Å². The molecule has 3 aliphatic rings. The molecule has 6 rings (SSSR count). The Kier molecular flexibility index (Phi) is 10.3. The number of hydrogen-bond acceptors (Lipinski definition) is 10. The van der Waals surface area contributed by atoms with Gasteiger partial charge < -0.3 is 14.5 Å². The molecule has 1 amide bonds. The Morgan fingerprint density at radius 3 is 2.52 bits per heavy atom. The summed E-state index contributed by atoms with van der Waals surface area (Å²) in [4.78, 5) is 43.1. The minimum atomic E-state index is -0.327. The lowest BCUT2D eigenvalue weighted by molar-refractivity contribution is -0.148. The van der Waals surface area contributed by atoms with Crippen molar-refractivity contribution in [3.05, 3.63) is 39.3 Å². The number of halogens is 2. The predicted octanol–water partition coefficient (Wildman–Crippen LogP) is 7.06. The smallest absolute Gasteiger partial charge is 0.310 e. The molecule has 0 radical (unpaired) electrons. The van der Waals surface area contributed by atoms with Crippen LogP contribution in [0.4, 0.5) is 16.0 Å². The minimum Gasteiger partial charge on any atom is -0.466 e. The van der Waals surface area contributed by atoms with Crippen LogP contribution in [0.3, 0.4) is 0 Å². The van der Waals surface area contributed by atoms with Crippen LogP contribution in [-0.2, 0) is 9.53 Å². The fraction of sp³-hybridized carbons (Fsp3) is 0.548. The highest BCUT2D eigenvalue weighted by molar-refractivity contribution is 7.21. The Morgan fingerprint density at radius 2 is 1.82 bits per heavy atom. The molecule has 1 N–H and O–H groups in total. The van der Waals surface area contributed by atoms with E-state index in [4.69, 9.17) is 32.9 Å². The van der Waals surface area contributed by atoms with Gasteiger partial charge in [-0.2, -0.15) is 0 Å². The van der Waals surface area contributed by atoms with Crippen LogP contribution in [0, 0.1) is 5.92 Å². The number of amides is 1. The van der Waals surface area contributed by atoms with Crippen molar-refractivity contribution in [2.45, 2.75) is 57.9 Å². The summed E-state index contributed by atoms with van der Waals surface area (Å²) in [5.74, 6) is -0.168. The molecule has 1 saturated carbocycles. The number of carbonyl (C=O) groups is 2. The summed E-state index contributed by atoms with van der Waals surface area (Å²) < 4.78 is 5.22. The summed E-state index contributed by atoms with van der Waals surface area (Å²) >= 11 is 16.0. The van der Waals surface area contributed by atoms with E-state index in [1.807, 2.05) is 23.3 Å². The molecule has 2 aliphatic heterocycles. The first-order chi connectivity index (χ1) is 21.4. The Labute approximate surface area is 276 Å². The zero-order chi connectivity index (χ0) is 30.6. The molecule has 1 unspecified atom stereocenters. The fourth-order valence-electron chi connectivity index (χ4n) is 6.49. The normalized spacial score (nSPS) is 20.1. The van der Waals surface area contributed by atoms with Crippen molar-refractivity contribution in [1.29, 1.82) is 0 Å². The van der Waals surface area contributed by atoms with Gasteiger partial charge in [-0.15, -0.1) is 11.3 Å². The van der Waals surface area contributed by atoms with Crippen molar-refractivity contribution in [2.75, 3.05) is 61.0 Å². The molecular formula is C31H38Cl2N6O3S2. The number of nitrogens with zero attached hydrogens (tertiary/aromatic N) is 5. The van der Waals surface area contributed by atoms with E-state index in [1.165, 1.54) is 49.6 Å². The quantitative estimate of drug-likeness (QED) is 0.254. The zero-order valence-electron chi connectivity index (χ0n) is 24.9. The van der Waals surface area contributed by atoms with Crippen LogP contribution in [0.15, 0.2) is 23.7 Å². The van der Waals surface area contributed by atoms with Crippen LogP contribution in [0.5, 0.6) is 0 Å². The highest BCUT2D eigenvalue weighted by Gasteiger charge is 2.30. The van der Waals surface area contributed by atoms with E-state index in [-0.39, 0.29) is 17.8 Å². The molecule has 3 aromatic rings. The second-order valence-corrected chi connectivity index (χ2v) is 14.4. The van der Waals surface area contributed by atoms with Gasteiger partial charge in [-0.3, -0.25) is 19.8 Å². The highest BCUT2D eigenvalue weighted by Crippen LogP contribution is 2.42. The molecule has 0 aromatic carbocycles. The fourth-order valence-corrected chi connectivity index (χ4v) is 8.94. The Bertz CT molecular complexity index is 1470. The van der Waals surface area contributed by atoms with Crippen molar-refractivity contribution in [1.82, 2.24) is 14.9 Å². The van der Waals surface area contributed by atoms with Crippen LogP contribution in [0.25, 0.3) is 10.6 Å². The van der Waals surface area contributed by atoms with Gasteiger partial charge in [0.15, 0.2) is 5.13 Å². The maximum absolute atomic E-state index is 13.4. The number of anilines is 3. The van der Waals surface area contributed by atoms with Gasteiger partial charge in [0.25, 0.3) is 5.91 Å². The Hall–Kier alpha value is -2.44. The maximum Gasteiger partial charge on any atom is 0.310 e. The van der Waals surface area contributed by atoms with Crippen LogP contribution in [0.1, 0.15) is 62.2 Å². The van der Waals surface area contributed by atoms with E-state index in [0.717, 1.165) is 61.1 Å². The molecule has 0 bridgehead atoms. The second kappa shape index (κ2) is 14.3. The summed E-state index contributed by atoms with van der Waals surface area (Å²) in [6, 6.07) is 4.27. The van der Waals surface area contributed by atoms with Crippen molar-refractivity contribution in [3.8, 4) is 10.6 Å². The third-order valence-electron chi connectivity index (χ3n) is 8.75. The van der Waals surface area contributed by atoms with Gasteiger partial charge in [-0.05, 0) is 44.7 Å². The van der Waals surface area contributed by atoms with Gasteiger partial charge in [0.1, 0.15) is 16.5 Å².